The van der Waals surface area contributed by atoms with Crippen molar-refractivity contribution >= 4 is 18.3 Å². The molecule has 136 valence electrons. The first-order valence-corrected chi connectivity index (χ1v) is 8.52. The molecule has 1 heterocycles. The molecule has 24 heavy (non-hydrogen) atoms. The third-order valence-electron chi connectivity index (χ3n) is 4.18. The van der Waals surface area contributed by atoms with E-state index in [0.717, 1.165) is 38.9 Å². The van der Waals surface area contributed by atoms with Crippen molar-refractivity contribution in [3.63, 3.8) is 0 Å². The van der Waals surface area contributed by atoms with Crippen LogP contribution in [0.25, 0.3) is 0 Å². The standard InChI is InChI=1S/C18H28N2O3.ClH/c1-3-13-20(15-8-11-19-12-9-15)18(21)10-14-23-17-7-5-4-6-16(17)22-2;/h4-7,15,19H,3,8-14H2,1-2H3;1H. The Hall–Kier alpha value is -1.46. The molecule has 0 aromatic heterocycles. The Morgan fingerprint density at radius 3 is 2.54 bits per heavy atom. The number of amides is 1. The summed E-state index contributed by atoms with van der Waals surface area (Å²) in [5, 5.41) is 3.35. The second-order valence-electron chi connectivity index (χ2n) is 5.82. The van der Waals surface area contributed by atoms with Gasteiger partial charge in [-0.2, -0.15) is 0 Å². The smallest absolute Gasteiger partial charge is 0.226 e. The molecule has 0 spiro atoms. The predicted octanol–water partition coefficient (Wildman–Crippen LogP) is 2.88. The first-order valence-electron chi connectivity index (χ1n) is 8.52. The predicted molar refractivity (Wildman–Crippen MR) is 98.2 cm³/mol. The van der Waals surface area contributed by atoms with Gasteiger partial charge in [0, 0.05) is 12.6 Å². The molecule has 1 fully saturated rings. The number of benzene rings is 1. The molecule has 1 saturated heterocycles. The number of piperidine rings is 1. The normalized spacial score (nSPS) is 14.6. The molecular weight excluding hydrogens is 328 g/mol. The van der Waals surface area contributed by atoms with E-state index in [1.54, 1.807) is 7.11 Å². The van der Waals surface area contributed by atoms with Gasteiger partial charge in [0.15, 0.2) is 11.5 Å². The molecule has 1 aliphatic rings. The van der Waals surface area contributed by atoms with E-state index in [0.29, 0.717) is 30.6 Å². The number of hydrogen-bond donors (Lipinski definition) is 1. The first kappa shape index (κ1) is 20.6. The lowest BCUT2D eigenvalue weighted by Gasteiger charge is -2.34. The third-order valence-corrected chi connectivity index (χ3v) is 4.18. The number of ether oxygens (including phenoxy) is 2. The first-order chi connectivity index (χ1) is 11.3. The summed E-state index contributed by atoms with van der Waals surface area (Å²) in [4.78, 5) is 14.6. The van der Waals surface area contributed by atoms with Crippen molar-refractivity contribution in [3.8, 4) is 11.5 Å². The minimum absolute atomic E-state index is 0. The fraction of sp³-hybridized carbons (Fsp3) is 0.611. The minimum atomic E-state index is 0. The monoisotopic (exact) mass is 356 g/mol. The molecule has 0 bridgehead atoms. The molecule has 5 nitrogen and oxygen atoms in total. The molecule has 1 aromatic carbocycles. The zero-order valence-corrected chi connectivity index (χ0v) is 15.4. The number of nitrogens with one attached hydrogen (secondary N) is 1. The van der Waals surface area contributed by atoms with Crippen LogP contribution in [0.3, 0.4) is 0 Å². The van der Waals surface area contributed by atoms with Gasteiger partial charge >= 0.3 is 0 Å². The maximum Gasteiger partial charge on any atom is 0.226 e. The average Bonchev–Trinajstić information content (AvgIpc) is 2.60. The highest BCUT2D eigenvalue weighted by molar-refractivity contribution is 5.85. The summed E-state index contributed by atoms with van der Waals surface area (Å²) in [5.41, 5.74) is 0. The lowest BCUT2D eigenvalue weighted by molar-refractivity contribution is -0.134. The topological polar surface area (TPSA) is 50.8 Å². The van der Waals surface area contributed by atoms with Gasteiger partial charge < -0.3 is 19.7 Å². The molecule has 0 aliphatic carbocycles. The Morgan fingerprint density at radius 2 is 1.92 bits per heavy atom. The van der Waals surface area contributed by atoms with Gasteiger partial charge in [-0.05, 0) is 44.5 Å². The zero-order chi connectivity index (χ0) is 16.5. The van der Waals surface area contributed by atoms with Gasteiger partial charge in [0.2, 0.25) is 5.91 Å². The summed E-state index contributed by atoms with van der Waals surface area (Å²) in [6.45, 7) is 5.32. The molecule has 1 amide bonds. The number of carbonyl (C=O) groups excluding carboxylic acids is 1. The van der Waals surface area contributed by atoms with E-state index < -0.39 is 0 Å². The van der Waals surface area contributed by atoms with Crippen LogP contribution in [-0.4, -0.2) is 50.2 Å². The highest BCUT2D eigenvalue weighted by Crippen LogP contribution is 2.25. The number of halogens is 1. The molecule has 0 unspecified atom stereocenters. The Balaban J connectivity index is 0.00000288. The summed E-state index contributed by atoms with van der Waals surface area (Å²) in [6, 6.07) is 7.89. The number of methoxy groups -OCH3 is 1. The summed E-state index contributed by atoms with van der Waals surface area (Å²) < 4.78 is 11.0. The number of carbonyl (C=O) groups is 1. The quantitative estimate of drug-likeness (QED) is 0.778. The summed E-state index contributed by atoms with van der Waals surface area (Å²) >= 11 is 0. The lowest BCUT2D eigenvalue weighted by Crippen LogP contribution is -2.46. The van der Waals surface area contributed by atoms with Crippen molar-refractivity contribution < 1.29 is 14.3 Å². The average molecular weight is 357 g/mol. The van der Waals surface area contributed by atoms with E-state index in [2.05, 4.69) is 12.2 Å². The summed E-state index contributed by atoms with van der Waals surface area (Å²) in [5.74, 6) is 1.57. The van der Waals surface area contributed by atoms with Gasteiger partial charge in [0.05, 0.1) is 20.1 Å². The van der Waals surface area contributed by atoms with Crippen molar-refractivity contribution in [2.45, 2.75) is 38.6 Å². The van der Waals surface area contributed by atoms with Gasteiger partial charge in [-0.1, -0.05) is 19.1 Å². The third kappa shape index (κ3) is 5.87. The van der Waals surface area contributed by atoms with Crippen LogP contribution in [0.15, 0.2) is 24.3 Å². The molecular formula is C18H29ClN2O3. The van der Waals surface area contributed by atoms with Crippen LogP contribution >= 0.6 is 12.4 Å². The summed E-state index contributed by atoms with van der Waals surface area (Å²) in [7, 11) is 1.62. The zero-order valence-electron chi connectivity index (χ0n) is 14.6. The largest absolute Gasteiger partial charge is 0.493 e. The van der Waals surface area contributed by atoms with Crippen molar-refractivity contribution in [2.75, 3.05) is 33.4 Å². The minimum Gasteiger partial charge on any atom is -0.493 e. The fourth-order valence-electron chi connectivity index (χ4n) is 3.00. The number of para-hydroxylation sites is 2. The lowest BCUT2D eigenvalue weighted by atomic mass is 10.0. The van der Waals surface area contributed by atoms with Crippen LogP contribution in [0, 0.1) is 0 Å². The molecule has 0 radical (unpaired) electrons. The van der Waals surface area contributed by atoms with Crippen LogP contribution in [0.2, 0.25) is 0 Å². The van der Waals surface area contributed by atoms with Crippen LogP contribution in [-0.2, 0) is 4.79 Å². The maximum absolute atomic E-state index is 12.6. The Bertz CT molecular complexity index is 493. The highest BCUT2D eigenvalue weighted by atomic mass is 35.5. The van der Waals surface area contributed by atoms with Gasteiger partial charge in [0.25, 0.3) is 0 Å². The Morgan fingerprint density at radius 1 is 1.25 bits per heavy atom. The number of nitrogens with zero attached hydrogens (tertiary/aromatic N) is 1. The second kappa shape index (κ2) is 11.2. The molecule has 6 heteroatoms. The van der Waals surface area contributed by atoms with Crippen LogP contribution in [0.4, 0.5) is 0 Å². The van der Waals surface area contributed by atoms with Gasteiger partial charge in [-0.3, -0.25) is 4.79 Å². The second-order valence-corrected chi connectivity index (χ2v) is 5.82. The van der Waals surface area contributed by atoms with Crippen LogP contribution in [0.5, 0.6) is 11.5 Å². The molecule has 0 atom stereocenters. The maximum atomic E-state index is 12.6. The highest BCUT2D eigenvalue weighted by Gasteiger charge is 2.24. The van der Waals surface area contributed by atoms with E-state index in [9.17, 15) is 4.79 Å². The number of hydrogen-bond acceptors (Lipinski definition) is 4. The van der Waals surface area contributed by atoms with Crippen LogP contribution < -0.4 is 14.8 Å². The van der Waals surface area contributed by atoms with E-state index in [1.165, 1.54) is 0 Å². The molecule has 1 aliphatic heterocycles. The van der Waals surface area contributed by atoms with Crippen molar-refractivity contribution in [1.82, 2.24) is 10.2 Å². The fourth-order valence-corrected chi connectivity index (χ4v) is 3.00. The molecule has 1 N–H and O–H groups in total. The molecule has 2 rings (SSSR count). The number of rotatable bonds is 8. The van der Waals surface area contributed by atoms with E-state index in [-0.39, 0.29) is 18.3 Å². The van der Waals surface area contributed by atoms with E-state index >= 15 is 0 Å². The van der Waals surface area contributed by atoms with Crippen molar-refractivity contribution in [3.05, 3.63) is 24.3 Å². The van der Waals surface area contributed by atoms with Gasteiger partial charge in [-0.15, -0.1) is 12.4 Å². The van der Waals surface area contributed by atoms with Crippen LogP contribution in [0.1, 0.15) is 32.6 Å². The molecule has 0 saturated carbocycles. The molecule has 1 aromatic rings. The Kier molecular flexibility index (Phi) is 9.57. The van der Waals surface area contributed by atoms with Gasteiger partial charge in [-0.25, -0.2) is 0 Å². The van der Waals surface area contributed by atoms with Crippen molar-refractivity contribution in [1.29, 1.82) is 0 Å². The van der Waals surface area contributed by atoms with Gasteiger partial charge in [0.1, 0.15) is 0 Å². The SMILES string of the molecule is CCCN(C(=O)CCOc1ccccc1OC)C1CCNCC1.Cl. The van der Waals surface area contributed by atoms with Crippen molar-refractivity contribution in [2.24, 2.45) is 0 Å². The van der Waals surface area contributed by atoms with E-state index in [4.69, 9.17) is 9.47 Å². The Labute approximate surface area is 151 Å². The van der Waals surface area contributed by atoms with E-state index in [1.807, 2.05) is 29.2 Å². The summed E-state index contributed by atoms with van der Waals surface area (Å²) in [6.07, 6.45) is 3.48.